The average Bonchev–Trinajstić information content (AvgIpc) is 2.47. The molecule has 3 rings (SSSR count). The molecule has 0 bridgehead atoms. The first-order valence-corrected chi connectivity index (χ1v) is 7.35. The first kappa shape index (κ1) is 11.9. The van der Waals surface area contributed by atoms with Gasteiger partial charge >= 0.3 is 0 Å². The SMILES string of the molecule is COc1ccc2ccccc2c1C1NCCCS1. The highest BCUT2D eigenvalue weighted by Crippen LogP contribution is 2.39. The third kappa shape index (κ3) is 2.08. The van der Waals surface area contributed by atoms with Gasteiger partial charge in [0.25, 0.3) is 0 Å². The van der Waals surface area contributed by atoms with E-state index in [1.165, 1.54) is 28.5 Å². The molecule has 0 radical (unpaired) electrons. The van der Waals surface area contributed by atoms with Gasteiger partial charge in [0.1, 0.15) is 5.75 Å². The lowest BCUT2D eigenvalue weighted by Gasteiger charge is -2.26. The van der Waals surface area contributed by atoms with Crippen LogP contribution in [0.25, 0.3) is 10.8 Å². The van der Waals surface area contributed by atoms with Gasteiger partial charge < -0.3 is 10.1 Å². The Hall–Kier alpha value is -1.19. The number of ether oxygens (including phenoxy) is 1. The molecule has 1 aliphatic heterocycles. The van der Waals surface area contributed by atoms with Crippen LogP contribution >= 0.6 is 11.8 Å². The van der Waals surface area contributed by atoms with E-state index in [1.54, 1.807) is 7.11 Å². The van der Waals surface area contributed by atoms with Gasteiger partial charge in [-0.25, -0.2) is 0 Å². The van der Waals surface area contributed by atoms with Crippen LogP contribution in [0, 0.1) is 0 Å². The highest BCUT2D eigenvalue weighted by atomic mass is 32.2. The smallest absolute Gasteiger partial charge is 0.125 e. The Morgan fingerprint density at radius 2 is 2.11 bits per heavy atom. The molecule has 1 unspecified atom stereocenters. The van der Waals surface area contributed by atoms with Crippen molar-refractivity contribution >= 4 is 22.5 Å². The van der Waals surface area contributed by atoms with Gasteiger partial charge in [-0.2, -0.15) is 0 Å². The minimum absolute atomic E-state index is 0.347. The summed E-state index contributed by atoms with van der Waals surface area (Å²) in [6.07, 6.45) is 1.24. The van der Waals surface area contributed by atoms with Crippen molar-refractivity contribution < 1.29 is 4.74 Å². The van der Waals surface area contributed by atoms with Gasteiger partial charge in [-0.1, -0.05) is 30.3 Å². The molecule has 0 saturated carbocycles. The normalized spacial score (nSPS) is 19.9. The van der Waals surface area contributed by atoms with Gasteiger partial charge in [-0.3, -0.25) is 0 Å². The molecular formula is C15H17NOS. The molecule has 2 nitrogen and oxygen atoms in total. The third-order valence-corrected chi connectivity index (χ3v) is 4.61. The summed E-state index contributed by atoms with van der Waals surface area (Å²) >= 11 is 1.97. The fourth-order valence-electron chi connectivity index (χ4n) is 2.47. The number of rotatable bonds is 2. The minimum Gasteiger partial charge on any atom is -0.496 e. The van der Waals surface area contributed by atoms with E-state index in [4.69, 9.17) is 4.74 Å². The van der Waals surface area contributed by atoms with Crippen LogP contribution in [0.5, 0.6) is 5.75 Å². The zero-order valence-corrected chi connectivity index (χ0v) is 11.3. The highest BCUT2D eigenvalue weighted by Gasteiger charge is 2.21. The topological polar surface area (TPSA) is 21.3 Å². The maximum Gasteiger partial charge on any atom is 0.125 e. The number of benzene rings is 2. The second-order valence-electron chi connectivity index (χ2n) is 4.46. The fraction of sp³-hybridized carbons (Fsp3) is 0.333. The van der Waals surface area contributed by atoms with Crippen LogP contribution in [0.1, 0.15) is 17.4 Å². The fourth-order valence-corrected chi connectivity index (χ4v) is 3.67. The molecule has 1 N–H and O–H groups in total. The molecule has 94 valence electrons. The molecule has 0 aliphatic carbocycles. The molecule has 1 saturated heterocycles. The van der Waals surface area contributed by atoms with Crippen LogP contribution in [-0.2, 0) is 0 Å². The molecule has 0 aromatic heterocycles. The van der Waals surface area contributed by atoms with Crippen LogP contribution in [0.4, 0.5) is 0 Å². The van der Waals surface area contributed by atoms with Crippen molar-refractivity contribution in [3.05, 3.63) is 42.0 Å². The lowest BCUT2D eigenvalue weighted by Crippen LogP contribution is -2.25. The summed E-state index contributed by atoms with van der Waals surface area (Å²) in [5, 5.41) is 6.51. The molecular weight excluding hydrogens is 242 g/mol. The van der Waals surface area contributed by atoms with Crippen molar-refractivity contribution in [1.82, 2.24) is 5.32 Å². The molecule has 1 fully saturated rings. The molecule has 0 spiro atoms. The van der Waals surface area contributed by atoms with Crippen LogP contribution in [0.15, 0.2) is 36.4 Å². The van der Waals surface area contributed by atoms with Gasteiger partial charge in [0, 0.05) is 5.56 Å². The first-order chi connectivity index (χ1) is 8.90. The number of hydrogen-bond donors (Lipinski definition) is 1. The van der Waals surface area contributed by atoms with Crippen molar-refractivity contribution in [3.8, 4) is 5.75 Å². The number of thioether (sulfide) groups is 1. The zero-order valence-electron chi connectivity index (χ0n) is 10.5. The summed E-state index contributed by atoms with van der Waals surface area (Å²) in [4.78, 5) is 0. The van der Waals surface area contributed by atoms with Gasteiger partial charge in [0.15, 0.2) is 0 Å². The molecule has 2 aromatic rings. The lowest BCUT2D eigenvalue weighted by atomic mass is 10.0. The van der Waals surface area contributed by atoms with Gasteiger partial charge in [-0.15, -0.1) is 11.8 Å². The Morgan fingerprint density at radius 3 is 2.89 bits per heavy atom. The maximum absolute atomic E-state index is 5.55. The average molecular weight is 259 g/mol. The van der Waals surface area contributed by atoms with Gasteiger partial charge in [0.2, 0.25) is 0 Å². The Morgan fingerprint density at radius 1 is 1.22 bits per heavy atom. The highest BCUT2D eigenvalue weighted by molar-refractivity contribution is 7.99. The molecule has 3 heteroatoms. The molecule has 2 aromatic carbocycles. The van der Waals surface area contributed by atoms with Crippen molar-refractivity contribution in [2.24, 2.45) is 0 Å². The molecule has 0 amide bonds. The first-order valence-electron chi connectivity index (χ1n) is 6.31. The zero-order chi connectivity index (χ0) is 12.4. The molecule has 18 heavy (non-hydrogen) atoms. The van der Waals surface area contributed by atoms with Gasteiger partial charge in [-0.05, 0) is 35.6 Å². The van der Waals surface area contributed by atoms with Crippen LogP contribution in [0.2, 0.25) is 0 Å². The summed E-state index contributed by atoms with van der Waals surface area (Å²) < 4.78 is 5.55. The monoisotopic (exact) mass is 259 g/mol. The van der Waals surface area contributed by atoms with E-state index in [0.717, 1.165) is 12.3 Å². The van der Waals surface area contributed by atoms with Gasteiger partial charge in [0.05, 0.1) is 12.5 Å². The molecule has 1 heterocycles. The van der Waals surface area contributed by atoms with Crippen molar-refractivity contribution in [3.63, 3.8) is 0 Å². The van der Waals surface area contributed by atoms with Crippen LogP contribution in [0.3, 0.4) is 0 Å². The van der Waals surface area contributed by atoms with E-state index in [9.17, 15) is 0 Å². The number of nitrogens with one attached hydrogen (secondary N) is 1. The predicted octanol–water partition coefficient (Wildman–Crippen LogP) is 3.57. The largest absolute Gasteiger partial charge is 0.496 e. The lowest BCUT2D eigenvalue weighted by molar-refractivity contribution is 0.408. The number of hydrogen-bond acceptors (Lipinski definition) is 3. The van der Waals surface area contributed by atoms with E-state index >= 15 is 0 Å². The standard InChI is InChI=1S/C15H17NOS/c1-17-13-8-7-11-5-2-3-6-12(11)14(13)15-16-9-4-10-18-15/h2-3,5-8,15-16H,4,9-10H2,1H3. The van der Waals surface area contributed by atoms with E-state index in [1.807, 2.05) is 11.8 Å². The number of methoxy groups -OCH3 is 1. The third-order valence-electron chi connectivity index (χ3n) is 3.35. The summed E-state index contributed by atoms with van der Waals surface area (Å²) in [5.41, 5.74) is 1.29. The molecule has 1 aliphatic rings. The number of fused-ring (bicyclic) bond motifs is 1. The van der Waals surface area contributed by atoms with Crippen molar-refractivity contribution in [2.75, 3.05) is 19.4 Å². The second kappa shape index (κ2) is 5.21. The van der Waals surface area contributed by atoms with E-state index < -0.39 is 0 Å². The van der Waals surface area contributed by atoms with Crippen LogP contribution < -0.4 is 10.1 Å². The summed E-state index contributed by atoms with van der Waals surface area (Å²) in [7, 11) is 1.75. The molecule has 1 atom stereocenters. The predicted molar refractivity (Wildman–Crippen MR) is 78.3 cm³/mol. The Labute approximate surface area is 112 Å². The summed E-state index contributed by atoms with van der Waals surface area (Å²) in [6, 6.07) is 12.7. The van der Waals surface area contributed by atoms with E-state index in [2.05, 4.69) is 41.7 Å². The van der Waals surface area contributed by atoms with Crippen LogP contribution in [-0.4, -0.2) is 19.4 Å². The van der Waals surface area contributed by atoms with Crippen molar-refractivity contribution in [2.45, 2.75) is 11.8 Å². The van der Waals surface area contributed by atoms with Crippen molar-refractivity contribution in [1.29, 1.82) is 0 Å². The quantitative estimate of drug-likeness (QED) is 0.891. The summed E-state index contributed by atoms with van der Waals surface area (Å²) in [5.74, 6) is 2.20. The maximum atomic E-state index is 5.55. The Balaban J connectivity index is 2.16. The summed E-state index contributed by atoms with van der Waals surface area (Å²) in [6.45, 7) is 1.09. The minimum atomic E-state index is 0.347. The Kier molecular flexibility index (Phi) is 3.43. The van der Waals surface area contributed by atoms with E-state index in [-0.39, 0.29) is 0 Å². The Bertz CT molecular complexity index is 549. The second-order valence-corrected chi connectivity index (χ2v) is 5.67. The van der Waals surface area contributed by atoms with E-state index in [0.29, 0.717) is 5.37 Å².